The van der Waals surface area contributed by atoms with Gasteiger partial charge in [0.2, 0.25) is 5.91 Å². The average Bonchev–Trinajstić information content (AvgIpc) is 3.50. The highest BCUT2D eigenvalue weighted by Crippen LogP contribution is 2.38. The fourth-order valence-corrected chi connectivity index (χ4v) is 4.39. The minimum atomic E-state index is -0.365. The number of nitrogens with one attached hydrogen (secondary N) is 1. The minimum absolute atomic E-state index is 0.365. The second kappa shape index (κ2) is 8.93. The van der Waals surface area contributed by atoms with E-state index in [-0.39, 0.29) is 5.91 Å². The first-order chi connectivity index (χ1) is 14.1. The number of likely N-dealkylation sites (tertiary alicyclic amines) is 1. The van der Waals surface area contributed by atoms with Crippen LogP contribution >= 0.6 is 0 Å². The quantitative estimate of drug-likeness (QED) is 0.757. The summed E-state index contributed by atoms with van der Waals surface area (Å²) in [5.41, 5.74) is 9.92. The Morgan fingerprint density at radius 1 is 1.10 bits per heavy atom. The summed E-state index contributed by atoms with van der Waals surface area (Å²) in [6.45, 7) is 5.44. The number of carbonyl (C=O) groups is 1. The third-order valence-corrected chi connectivity index (χ3v) is 6.25. The van der Waals surface area contributed by atoms with Crippen LogP contribution in [0.5, 0.6) is 0 Å². The van der Waals surface area contributed by atoms with Crippen LogP contribution in [-0.4, -0.2) is 36.0 Å². The molecule has 2 aromatic carbocycles. The van der Waals surface area contributed by atoms with Crippen LogP contribution in [0.25, 0.3) is 6.08 Å². The smallest absolute Gasteiger partial charge is 0.248 e. The molecule has 2 aromatic rings. The maximum Gasteiger partial charge on any atom is 0.248 e. The number of hydrogen-bond acceptors (Lipinski definition) is 3. The fourth-order valence-electron chi connectivity index (χ4n) is 4.39. The topological polar surface area (TPSA) is 58.4 Å². The molecule has 0 bridgehead atoms. The van der Waals surface area contributed by atoms with Gasteiger partial charge in [0, 0.05) is 24.2 Å². The standard InChI is InChI=1S/C25H31N3O/c1-18(15-19-5-3-2-4-6-19)23-16-24(23)27-22-11-13-28(14-12-22)17-20-7-9-21(10-8-20)25(26)29/h2-10,15,22-24,27H,11-14,16-17H2,1H3,(H2,26,29)/b18-15+. The summed E-state index contributed by atoms with van der Waals surface area (Å²) in [4.78, 5) is 13.7. The van der Waals surface area contributed by atoms with E-state index in [0.29, 0.717) is 23.6 Å². The molecule has 1 saturated heterocycles. The largest absolute Gasteiger partial charge is 0.366 e. The molecule has 1 heterocycles. The van der Waals surface area contributed by atoms with E-state index in [0.717, 1.165) is 19.6 Å². The second-order valence-corrected chi connectivity index (χ2v) is 8.53. The van der Waals surface area contributed by atoms with Gasteiger partial charge in [0.25, 0.3) is 0 Å². The molecule has 3 N–H and O–H groups in total. The maximum absolute atomic E-state index is 11.2. The summed E-state index contributed by atoms with van der Waals surface area (Å²) >= 11 is 0. The summed E-state index contributed by atoms with van der Waals surface area (Å²) in [6, 6.07) is 19.6. The zero-order valence-electron chi connectivity index (χ0n) is 17.2. The highest BCUT2D eigenvalue weighted by Gasteiger charge is 2.39. The summed E-state index contributed by atoms with van der Waals surface area (Å²) in [5, 5.41) is 3.90. The Bertz CT molecular complexity index is 851. The van der Waals surface area contributed by atoms with E-state index in [1.165, 1.54) is 36.0 Å². The van der Waals surface area contributed by atoms with E-state index < -0.39 is 0 Å². The SMILES string of the molecule is C/C(=C\c1ccccc1)C1CC1NC1CCN(Cc2ccc(C(N)=O)cc2)CC1. The molecule has 2 fully saturated rings. The monoisotopic (exact) mass is 389 g/mol. The zero-order chi connectivity index (χ0) is 20.2. The van der Waals surface area contributed by atoms with Gasteiger partial charge in [-0.15, -0.1) is 0 Å². The molecule has 2 aliphatic rings. The van der Waals surface area contributed by atoms with Crippen molar-refractivity contribution < 1.29 is 4.79 Å². The number of amides is 1. The van der Waals surface area contributed by atoms with Crippen molar-refractivity contribution >= 4 is 12.0 Å². The number of primary amides is 1. The number of nitrogens with two attached hydrogens (primary N) is 1. The van der Waals surface area contributed by atoms with Crippen LogP contribution in [0.15, 0.2) is 60.2 Å². The van der Waals surface area contributed by atoms with Crippen LogP contribution in [0.2, 0.25) is 0 Å². The van der Waals surface area contributed by atoms with Crippen LogP contribution < -0.4 is 11.1 Å². The molecule has 0 spiro atoms. The first-order valence-electron chi connectivity index (χ1n) is 10.7. The van der Waals surface area contributed by atoms with E-state index in [4.69, 9.17) is 5.73 Å². The Kier molecular flexibility index (Phi) is 6.12. The van der Waals surface area contributed by atoms with E-state index in [9.17, 15) is 4.79 Å². The molecule has 152 valence electrons. The highest BCUT2D eigenvalue weighted by atomic mass is 16.1. The number of piperidine rings is 1. The summed E-state index contributed by atoms with van der Waals surface area (Å²) in [7, 11) is 0. The number of carbonyl (C=O) groups excluding carboxylic acids is 1. The van der Waals surface area contributed by atoms with Crippen LogP contribution in [0.4, 0.5) is 0 Å². The Hall–Kier alpha value is -2.43. The molecular formula is C25H31N3O. The van der Waals surface area contributed by atoms with E-state index >= 15 is 0 Å². The van der Waals surface area contributed by atoms with Crippen LogP contribution in [0, 0.1) is 5.92 Å². The summed E-state index contributed by atoms with van der Waals surface area (Å²) in [5.74, 6) is 0.327. The van der Waals surface area contributed by atoms with Crippen molar-refractivity contribution in [3.8, 4) is 0 Å². The lowest BCUT2D eigenvalue weighted by Crippen LogP contribution is -2.43. The molecule has 4 heteroatoms. The molecule has 0 radical (unpaired) electrons. The van der Waals surface area contributed by atoms with Gasteiger partial charge in [-0.25, -0.2) is 0 Å². The Balaban J connectivity index is 1.21. The van der Waals surface area contributed by atoms with Crippen molar-refractivity contribution in [2.75, 3.05) is 13.1 Å². The predicted molar refractivity (Wildman–Crippen MR) is 118 cm³/mol. The first-order valence-corrected chi connectivity index (χ1v) is 10.7. The lowest BCUT2D eigenvalue weighted by atomic mass is 10.0. The number of nitrogens with zero attached hydrogens (tertiary/aromatic N) is 1. The van der Waals surface area contributed by atoms with Gasteiger partial charge in [-0.1, -0.05) is 54.1 Å². The molecule has 4 rings (SSSR count). The number of benzene rings is 2. The van der Waals surface area contributed by atoms with Gasteiger partial charge in [0.1, 0.15) is 0 Å². The van der Waals surface area contributed by atoms with Crippen molar-refractivity contribution in [2.45, 2.75) is 44.8 Å². The van der Waals surface area contributed by atoms with Gasteiger partial charge in [0.15, 0.2) is 0 Å². The molecule has 1 saturated carbocycles. The van der Waals surface area contributed by atoms with Gasteiger partial charge in [-0.2, -0.15) is 0 Å². The Morgan fingerprint density at radius 2 is 1.79 bits per heavy atom. The minimum Gasteiger partial charge on any atom is -0.366 e. The first kappa shape index (κ1) is 19.9. The molecule has 1 aliphatic heterocycles. The lowest BCUT2D eigenvalue weighted by Gasteiger charge is -2.32. The van der Waals surface area contributed by atoms with Gasteiger partial charge < -0.3 is 11.1 Å². The van der Waals surface area contributed by atoms with Crippen molar-refractivity contribution in [2.24, 2.45) is 11.7 Å². The van der Waals surface area contributed by atoms with Crippen LogP contribution in [-0.2, 0) is 6.54 Å². The third kappa shape index (κ3) is 5.34. The molecule has 1 amide bonds. The summed E-state index contributed by atoms with van der Waals surface area (Å²) < 4.78 is 0. The molecule has 29 heavy (non-hydrogen) atoms. The molecule has 2 atom stereocenters. The molecule has 0 aromatic heterocycles. The lowest BCUT2D eigenvalue weighted by molar-refractivity contribution is 0.1000. The second-order valence-electron chi connectivity index (χ2n) is 8.53. The van der Waals surface area contributed by atoms with Crippen molar-refractivity contribution in [3.05, 3.63) is 76.9 Å². The average molecular weight is 390 g/mol. The summed E-state index contributed by atoms with van der Waals surface area (Å²) in [6.07, 6.45) is 5.99. The van der Waals surface area contributed by atoms with Gasteiger partial charge in [-0.05, 0) is 68.5 Å². The van der Waals surface area contributed by atoms with Crippen molar-refractivity contribution in [1.82, 2.24) is 10.2 Å². The van der Waals surface area contributed by atoms with E-state index in [1.807, 2.05) is 24.3 Å². The molecule has 2 unspecified atom stereocenters. The number of rotatable bonds is 7. The fraction of sp³-hybridized carbons (Fsp3) is 0.400. The normalized spacial score (nSPS) is 23.1. The van der Waals surface area contributed by atoms with E-state index in [1.54, 1.807) is 0 Å². The van der Waals surface area contributed by atoms with E-state index in [2.05, 4.69) is 53.5 Å². The van der Waals surface area contributed by atoms with Gasteiger partial charge in [0.05, 0.1) is 0 Å². The maximum atomic E-state index is 11.2. The molecule has 4 nitrogen and oxygen atoms in total. The van der Waals surface area contributed by atoms with Crippen LogP contribution in [0.1, 0.15) is 47.7 Å². The van der Waals surface area contributed by atoms with Crippen LogP contribution in [0.3, 0.4) is 0 Å². The van der Waals surface area contributed by atoms with Crippen molar-refractivity contribution in [1.29, 1.82) is 0 Å². The zero-order valence-corrected chi connectivity index (χ0v) is 17.2. The van der Waals surface area contributed by atoms with Gasteiger partial charge in [-0.3, -0.25) is 9.69 Å². The predicted octanol–water partition coefficient (Wildman–Crippen LogP) is 3.83. The Labute approximate surface area is 173 Å². The molecule has 1 aliphatic carbocycles. The molecular weight excluding hydrogens is 358 g/mol. The van der Waals surface area contributed by atoms with Crippen molar-refractivity contribution in [3.63, 3.8) is 0 Å². The van der Waals surface area contributed by atoms with Gasteiger partial charge >= 0.3 is 0 Å². The Morgan fingerprint density at radius 3 is 2.45 bits per heavy atom. The third-order valence-electron chi connectivity index (χ3n) is 6.25. The number of hydrogen-bond donors (Lipinski definition) is 2. The highest BCUT2D eigenvalue weighted by molar-refractivity contribution is 5.92.